The van der Waals surface area contributed by atoms with E-state index in [2.05, 4.69) is 15.3 Å². The molecule has 8 nitrogen and oxygen atoms in total. The minimum Gasteiger partial charge on any atom is -0.419 e. The molecule has 27 heavy (non-hydrogen) atoms. The second-order valence-corrected chi connectivity index (χ2v) is 6.30. The molecule has 3 rings (SSSR count). The van der Waals surface area contributed by atoms with Gasteiger partial charge in [0.05, 0.1) is 17.1 Å². The highest BCUT2D eigenvalue weighted by Gasteiger charge is 2.21. The van der Waals surface area contributed by atoms with E-state index in [4.69, 9.17) is 16.0 Å². The van der Waals surface area contributed by atoms with Gasteiger partial charge < -0.3 is 9.32 Å². The fourth-order valence-corrected chi connectivity index (χ4v) is 2.74. The molecule has 0 aliphatic rings. The summed E-state index contributed by atoms with van der Waals surface area (Å²) >= 11 is 6.15. The molecule has 1 amide bonds. The third-order valence-electron chi connectivity index (χ3n) is 3.86. The molecule has 0 unspecified atom stereocenters. The van der Waals surface area contributed by atoms with Gasteiger partial charge in [0.25, 0.3) is 11.5 Å². The lowest BCUT2D eigenvalue weighted by Gasteiger charge is -2.19. The van der Waals surface area contributed by atoms with Gasteiger partial charge in [-0.3, -0.25) is 9.59 Å². The van der Waals surface area contributed by atoms with Crippen molar-refractivity contribution in [2.45, 2.75) is 19.9 Å². The Labute approximate surface area is 160 Å². The minimum absolute atomic E-state index is 0.134. The summed E-state index contributed by atoms with van der Waals surface area (Å²) in [6.07, 6.45) is 0.739. The highest BCUT2D eigenvalue weighted by Crippen LogP contribution is 2.26. The van der Waals surface area contributed by atoms with E-state index in [9.17, 15) is 9.59 Å². The van der Waals surface area contributed by atoms with Gasteiger partial charge in [0.15, 0.2) is 0 Å². The van der Waals surface area contributed by atoms with Gasteiger partial charge in [0, 0.05) is 19.7 Å². The van der Waals surface area contributed by atoms with Gasteiger partial charge in [0.2, 0.25) is 11.8 Å². The van der Waals surface area contributed by atoms with Gasteiger partial charge in [-0.05, 0) is 24.6 Å². The van der Waals surface area contributed by atoms with Crippen LogP contribution in [0.5, 0.6) is 0 Å². The topological polar surface area (TPSA) is 94.1 Å². The van der Waals surface area contributed by atoms with Gasteiger partial charge in [-0.25, -0.2) is 4.68 Å². The average molecular weight is 388 g/mol. The molecule has 0 N–H and O–H groups in total. The van der Waals surface area contributed by atoms with Gasteiger partial charge >= 0.3 is 0 Å². The van der Waals surface area contributed by atoms with Crippen LogP contribution in [0, 0.1) is 0 Å². The molecule has 0 atom stereocenters. The van der Waals surface area contributed by atoms with Crippen LogP contribution in [0.1, 0.15) is 29.7 Å². The summed E-state index contributed by atoms with van der Waals surface area (Å²) in [4.78, 5) is 25.8. The molecule has 3 aromatic rings. The predicted molar refractivity (Wildman–Crippen MR) is 99.3 cm³/mol. The molecule has 9 heteroatoms. The van der Waals surface area contributed by atoms with Crippen LogP contribution >= 0.6 is 11.6 Å². The Morgan fingerprint density at radius 2 is 2.00 bits per heavy atom. The second-order valence-electron chi connectivity index (χ2n) is 5.89. The monoisotopic (exact) mass is 387 g/mol. The zero-order valence-electron chi connectivity index (χ0n) is 14.9. The fraction of sp³-hybridized carbons (Fsp3) is 0.278. The van der Waals surface area contributed by atoms with Crippen molar-refractivity contribution in [1.29, 1.82) is 0 Å². The standard InChI is InChI=1S/C18H18ClN5O3/c1-3-10-24(18(26)14-8-9-16(25)23(2)22-14)11-15-20-21-17(27-15)12-6-4-5-7-13(12)19/h4-9H,3,10-11H2,1-2H3. The van der Waals surface area contributed by atoms with Crippen molar-refractivity contribution in [3.8, 4) is 11.5 Å². The van der Waals surface area contributed by atoms with E-state index in [1.165, 1.54) is 19.2 Å². The lowest BCUT2D eigenvalue weighted by Crippen LogP contribution is -2.33. The molecule has 0 spiro atoms. The quantitative estimate of drug-likeness (QED) is 0.645. The Balaban J connectivity index is 1.82. The number of rotatable bonds is 6. The summed E-state index contributed by atoms with van der Waals surface area (Å²) in [6, 6.07) is 9.87. The number of carbonyl (C=O) groups is 1. The first-order chi connectivity index (χ1) is 13.0. The zero-order chi connectivity index (χ0) is 19.4. The first-order valence-corrected chi connectivity index (χ1v) is 8.78. The van der Waals surface area contributed by atoms with E-state index in [1.807, 2.05) is 19.1 Å². The number of halogens is 1. The Morgan fingerprint density at radius 3 is 2.70 bits per heavy atom. The smallest absolute Gasteiger partial charge is 0.274 e. The Kier molecular flexibility index (Phi) is 5.66. The van der Waals surface area contributed by atoms with Gasteiger partial charge in [0.1, 0.15) is 5.69 Å². The van der Waals surface area contributed by atoms with Crippen LogP contribution < -0.4 is 5.56 Å². The Morgan fingerprint density at radius 1 is 1.22 bits per heavy atom. The molecule has 0 saturated heterocycles. The van der Waals surface area contributed by atoms with E-state index < -0.39 is 0 Å². The number of aromatic nitrogens is 4. The molecule has 2 aromatic heterocycles. The van der Waals surface area contributed by atoms with E-state index in [1.54, 1.807) is 17.0 Å². The molecule has 140 valence electrons. The molecule has 0 aliphatic heterocycles. The van der Waals surface area contributed by atoms with Gasteiger partial charge in [-0.15, -0.1) is 10.2 Å². The molecule has 0 fully saturated rings. The van der Waals surface area contributed by atoms with Crippen LogP contribution in [0.15, 0.2) is 45.6 Å². The average Bonchev–Trinajstić information content (AvgIpc) is 3.12. The maximum Gasteiger partial charge on any atom is 0.274 e. The fourth-order valence-electron chi connectivity index (χ4n) is 2.52. The van der Waals surface area contributed by atoms with Crippen LogP contribution in [0.4, 0.5) is 0 Å². The summed E-state index contributed by atoms with van der Waals surface area (Å²) < 4.78 is 6.80. The van der Waals surface area contributed by atoms with Crippen molar-refractivity contribution < 1.29 is 9.21 Å². The number of aryl methyl sites for hydroxylation is 1. The maximum absolute atomic E-state index is 12.8. The summed E-state index contributed by atoms with van der Waals surface area (Å²) in [6.45, 7) is 2.57. The van der Waals surface area contributed by atoms with Crippen LogP contribution in [0.3, 0.4) is 0 Å². The molecule has 0 aliphatic carbocycles. The molecule has 2 heterocycles. The van der Waals surface area contributed by atoms with E-state index >= 15 is 0 Å². The van der Waals surface area contributed by atoms with Crippen LogP contribution in [-0.2, 0) is 13.6 Å². The minimum atomic E-state index is -0.315. The van der Waals surface area contributed by atoms with Gasteiger partial charge in [-0.1, -0.05) is 30.7 Å². The summed E-state index contributed by atoms with van der Waals surface area (Å²) in [7, 11) is 1.50. The van der Waals surface area contributed by atoms with Crippen molar-refractivity contribution in [3.63, 3.8) is 0 Å². The third kappa shape index (κ3) is 4.22. The Bertz CT molecular complexity index is 1010. The highest BCUT2D eigenvalue weighted by molar-refractivity contribution is 6.33. The first-order valence-electron chi connectivity index (χ1n) is 8.40. The maximum atomic E-state index is 12.8. The van der Waals surface area contributed by atoms with Crippen molar-refractivity contribution in [3.05, 3.63) is 63.4 Å². The van der Waals surface area contributed by atoms with Crippen molar-refractivity contribution in [2.24, 2.45) is 7.05 Å². The summed E-state index contributed by atoms with van der Waals surface area (Å²) in [5, 5.41) is 12.6. The number of hydrogen-bond acceptors (Lipinski definition) is 6. The third-order valence-corrected chi connectivity index (χ3v) is 4.19. The molecular weight excluding hydrogens is 370 g/mol. The number of hydrogen-bond donors (Lipinski definition) is 0. The van der Waals surface area contributed by atoms with Crippen LogP contribution in [0.25, 0.3) is 11.5 Å². The predicted octanol–water partition coefficient (Wildman–Crippen LogP) is 2.54. The SMILES string of the molecule is CCCN(Cc1nnc(-c2ccccc2Cl)o1)C(=O)c1ccc(=O)n(C)n1. The van der Waals surface area contributed by atoms with E-state index in [0.717, 1.165) is 11.1 Å². The summed E-state index contributed by atoms with van der Waals surface area (Å²) in [5.41, 5.74) is 0.525. The lowest BCUT2D eigenvalue weighted by atomic mass is 10.2. The van der Waals surface area contributed by atoms with E-state index in [0.29, 0.717) is 23.0 Å². The van der Waals surface area contributed by atoms with Crippen LogP contribution in [-0.4, -0.2) is 37.3 Å². The number of carbonyl (C=O) groups excluding carboxylic acids is 1. The molecule has 1 aromatic carbocycles. The second kappa shape index (κ2) is 8.13. The molecular formula is C18H18ClN5O3. The summed E-state index contributed by atoms with van der Waals surface area (Å²) in [5.74, 6) is 0.265. The van der Waals surface area contributed by atoms with Gasteiger partial charge in [-0.2, -0.15) is 5.10 Å². The molecule has 0 bridgehead atoms. The zero-order valence-corrected chi connectivity index (χ0v) is 15.7. The molecule has 0 saturated carbocycles. The first kappa shape index (κ1) is 18.8. The largest absolute Gasteiger partial charge is 0.419 e. The highest BCUT2D eigenvalue weighted by atomic mass is 35.5. The van der Waals surface area contributed by atoms with Crippen molar-refractivity contribution in [2.75, 3.05) is 6.54 Å². The van der Waals surface area contributed by atoms with Crippen molar-refractivity contribution >= 4 is 17.5 Å². The number of benzene rings is 1. The lowest BCUT2D eigenvalue weighted by molar-refractivity contribution is 0.0720. The van der Waals surface area contributed by atoms with Crippen LogP contribution in [0.2, 0.25) is 5.02 Å². The van der Waals surface area contributed by atoms with Crippen molar-refractivity contribution in [1.82, 2.24) is 24.9 Å². The molecule has 0 radical (unpaired) electrons. The Hall–Kier alpha value is -3.00. The number of nitrogens with zero attached hydrogens (tertiary/aromatic N) is 5. The number of amides is 1. The normalized spacial score (nSPS) is 10.8. The van der Waals surface area contributed by atoms with E-state index in [-0.39, 0.29) is 29.6 Å².